The van der Waals surface area contributed by atoms with Crippen molar-refractivity contribution in [2.45, 2.75) is 13.0 Å². The molecule has 0 atom stereocenters. The topological polar surface area (TPSA) is 215 Å². The van der Waals surface area contributed by atoms with Crippen LogP contribution in [0.15, 0.2) is 78.5 Å². The fourth-order valence-electron chi connectivity index (χ4n) is 1.99. The van der Waals surface area contributed by atoms with E-state index in [2.05, 4.69) is 10.1 Å². The number of nitrogens with zero attached hydrogens (tertiary/aromatic N) is 3. The third kappa shape index (κ3) is 18.5. The van der Waals surface area contributed by atoms with Crippen LogP contribution in [-0.4, -0.2) is 72.7 Å². The molecule has 2 aromatic rings. The van der Waals surface area contributed by atoms with Gasteiger partial charge >= 0.3 is 23.9 Å². The maximum atomic E-state index is 9.55. The zero-order valence-electron chi connectivity index (χ0n) is 18.5. The van der Waals surface area contributed by atoms with Crippen molar-refractivity contribution in [2.75, 3.05) is 13.2 Å². The van der Waals surface area contributed by atoms with Crippen LogP contribution in [0.25, 0.3) is 0 Å². The monoisotopic (exact) mass is 490 g/mol. The molecule has 35 heavy (non-hydrogen) atoms. The molecule has 188 valence electrons. The molecular weight excluding hydrogens is 464 g/mol. The van der Waals surface area contributed by atoms with Crippen molar-refractivity contribution in [3.63, 3.8) is 0 Å². The molecular formula is C22H26N4O9. The van der Waals surface area contributed by atoms with Gasteiger partial charge in [-0.25, -0.2) is 24.2 Å². The number of hydrogen-bond acceptors (Lipinski definition) is 8. The largest absolute Gasteiger partial charge is 0.478 e. The van der Waals surface area contributed by atoms with Gasteiger partial charge in [-0.1, -0.05) is 35.5 Å². The first-order chi connectivity index (χ1) is 16.6. The van der Waals surface area contributed by atoms with Gasteiger partial charge in [-0.3, -0.25) is 0 Å². The minimum absolute atomic E-state index is 0.432. The Kier molecular flexibility index (Phi) is 16.2. The van der Waals surface area contributed by atoms with E-state index in [0.29, 0.717) is 37.5 Å². The maximum Gasteiger partial charge on any atom is 0.328 e. The molecule has 0 aliphatic rings. The van der Waals surface area contributed by atoms with Crippen molar-refractivity contribution in [2.24, 2.45) is 10.9 Å². The summed E-state index contributed by atoms with van der Waals surface area (Å²) in [7, 11) is 0. The van der Waals surface area contributed by atoms with Gasteiger partial charge in [0.2, 0.25) is 0 Å². The highest BCUT2D eigenvalue weighted by molar-refractivity contribution is 6.00. The number of imidazole rings is 1. The lowest BCUT2D eigenvalue weighted by molar-refractivity contribution is -0.134. The lowest BCUT2D eigenvalue weighted by Gasteiger charge is -2.07. The molecule has 6 N–H and O–H groups in total. The van der Waals surface area contributed by atoms with Gasteiger partial charge < -0.3 is 35.6 Å². The molecule has 13 heteroatoms. The van der Waals surface area contributed by atoms with Crippen molar-refractivity contribution in [3.8, 4) is 0 Å². The summed E-state index contributed by atoms with van der Waals surface area (Å²) in [5.41, 5.74) is 7.39. The van der Waals surface area contributed by atoms with Crippen LogP contribution in [-0.2, 0) is 30.6 Å². The van der Waals surface area contributed by atoms with Crippen molar-refractivity contribution in [3.05, 3.63) is 78.9 Å². The molecule has 1 aromatic carbocycles. The molecule has 0 amide bonds. The number of aromatic nitrogens is 2. The van der Waals surface area contributed by atoms with Gasteiger partial charge in [-0.15, -0.1) is 0 Å². The van der Waals surface area contributed by atoms with Gasteiger partial charge in [0.15, 0.2) is 0 Å². The first-order valence-corrected chi connectivity index (χ1v) is 9.83. The third-order valence-corrected chi connectivity index (χ3v) is 3.39. The predicted molar refractivity (Wildman–Crippen MR) is 124 cm³/mol. The highest BCUT2D eigenvalue weighted by Crippen LogP contribution is 2.06. The van der Waals surface area contributed by atoms with Gasteiger partial charge in [0, 0.05) is 56.2 Å². The summed E-state index contributed by atoms with van der Waals surface area (Å²) < 4.78 is 2.02. The standard InChI is InChI=1S/C14H18N4O.2C4H4O4/c15-7-11-19-17-14(13-4-2-1-3-5-13)6-9-18-10-8-16-12-18;2*5-3(6)1-2-4(7)8/h1-5,8,10,12H,6-7,9,11,15H2;2*1-2H,(H,5,6)(H,7,8)/b;2*2-1+. The van der Waals surface area contributed by atoms with Gasteiger partial charge in [0.05, 0.1) is 12.0 Å². The van der Waals surface area contributed by atoms with Crippen LogP contribution in [0, 0.1) is 0 Å². The van der Waals surface area contributed by atoms with E-state index in [1.54, 1.807) is 12.5 Å². The summed E-state index contributed by atoms with van der Waals surface area (Å²) in [5.74, 6) is -5.03. The molecule has 13 nitrogen and oxygen atoms in total. The average molecular weight is 490 g/mol. The van der Waals surface area contributed by atoms with Crippen molar-refractivity contribution in [1.82, 2.24) is 9.55 Å². The van der Waals surface area contributed by atoms with Crippen LogP contribution in [0.2, 0.25) is 0 Å². The quantitative estimate of drug-likeness (QED) is 0.130. The smallest absolute Gasteiger partial charge is 0.328 e. The zero-order chi connectivity index (χ0) is 26.5. The van der Waals surface area contributed by atoms with Crippen LogP contribution >= 0.6 is 0 Å². The van der Waals surface area contributed by atoms with Crippen molar-refractivity contribution < 1.29 is 44.4 Å². The highest BCUT2D eigenvalue weighted by Gasteiger charge is 2.04. The summed E-state index contributed by atoms with van der Waals surface area (Å²) in [6.45, 7) is 1.72. The Bertz CT molecular complexity index is 935. The fraction of sp³-hybridized carbons (Fsp3) is 0.182. The predicted octanol–water partition coefficient (Wildman–Crippen LogP) is 1.08. The minimum Gasteiger partial charge on any atom is -0.478 e. The average Bonchev–Trinajstić information content (AvgIpc) is 3.34. The van der Waals surface area contributed by atoms with E-state index in [0.717, 1.165) is 24.2 Å². The molecule has 0 aliphatic heterocycles. The molecule has 2 rings (SSSR count). The van der Waals surface area contributed by atoms with E-state index in [1.165, 1.54) is 0 Å². The molecule has 0 spiro atoms. The SMILES string of the molecule is NCCON=C(CCn1ccnc1)c1ccccc1.O=C(O)/C=C/C(=O)O.O=C(O)/C=C/C(=O)O. The lowest BCUT2D eigenvalue weighted by atomic mass is 10.1. The van der Waals surface area contributed by atoms with Gasteiger partial charge in [0.1, 0.15) is 6.61 Å². The lowest BCUT2D eigenvalue weighted by Crippen LogP contribution is -2.10. The Morgan fingerprint density at radius 1 is 0.914 bits per heavy atom. The number of aryl methyl sites for hydroxylation is 1. The summed E-state index contributed by atoms with van der Waals surface area (Å²) in [4.78, 5) is 47.4. The summed E-state index contributed by atoms with van der Waals surface area (Å²) >= 11 is 0. The molecule has 1 heterocycles. The zero-order valence-corrected chi connectivity index (χ0v) is 18.5. The molecule has 1 aromatic heterocycles. The van der Waals surface area contributed by atoms with E-state index in [4.69, 9.17) is 31.0 Å². The van der Waals surface area contributed by atoms with Crippen LogP contribution < -0.4 is 5.73 Å². The number of rotatable bonds is 11. The Morgan fingerprint density at radius 2 is 1.43 bits per heavy atom. The van der Waals surface area contributed by atoms with Crippen molar-refractivity contribution in [1.29, 1.82) is 0 Å². The summed E-state index contributed by atoms with van der Waals surface area (Å²) in [6, 6.07) is 10.0. The molecule has 0 saturated heterocycles. The number of hydrogen-bond donors (Lipinski definition) is 5. The third-order valence-electron chi connectivity index (χ3n) is 3.39. The van der Waals surface area contributed by atoms with Crippen LogP contribution in [0.1, 0.15) is 12.0 Å². The summed E-state index contributed by atoms with van der Waals surface area (Å²) in [6.07, 6.45) is 8.51. The van der Waals surface area contributed by atoms with E-state index < -0.39 is 23.9 Å². The minimum atomic E-state index is -1.26. The normalized spacial score (nSPS) is 10.6. The fourth-order valence-corrected chi connectivity index (χ4v) is 1.99. The van der Waals surface area contributed by atoms with E-state index >= 15 is 0 Å². The summed E-state index contributed by atoms with van der Waals surface area (Å²) in [5, 5.41) is 35.4. The Labute approximate surface area is 200 Å². The molecule has 0 unspecified atom stereocenters. The highest BCUT2D eigenvalue weighted by atomic mass is 16.6. The van der Waals surface area contributed by atoms with E-state index in [-0.39, 0.29) is 0 Å². The Morgan fingerprint density at radius 3 is 1.83 bits per heavy atom. The second-order valence-corrected chi connectivity index (χ2v) is 6.10. The number of carboxylic acids is 4. The van der Waals surface area contributed by atoms with Gasteiger partial charge in [-0.05, 0) is 5.56 Å². The molecule has 0 bridgehead atoms. The Hall–Kier alpha value is -4.78. The van der Waals surface area contributed by atoms with Crippen molar-refractivity contribution >= 4 is 29.6 Å². The molecule has 0 fully saturated rings. The number of carbonyl (C=O) groups is 4. The Balaban J connectivity index is 0.000000601. The molecule has 0 radical (unpaired) electrons. The van der Waals surface area contributed by atoms with Gasteiger partial charge in [-0.2, -0.15) is 0 Å². The molecule has 0 aliphatic carbocycles. The number of benzene rings is 1. The van der Waals surface area contributed by atoms with Crippen LogP contribution in [0.3, 0.4) is 0 Å². The van der Waals surface area contributed by atoms with E-state index in [1.807, 2.05) is 41.1 Å². The maximum absolute atomic E-state index is 9.55. The first kappa shape index (κ1) is 30.2. The number of aliphatic carboxylic acids is 4. The van der Waals surface area contributed by atoms with Gasteiger partial charge in [0.25, 0.3) is 0 Å². The van der Waals surface area contributed by atoms with Crippen LogP contribution in [0.5, 0.6) is 0 Å². The number of carboxylic acid groups (broad SMARTS) is 4. The number of oxime groups is 1. The number of nitrogens with two attached hydrogens (primary N) is 1. The first-order valence-electron chi connectivity index (χ1n) is 9.83. The second kappa shape index (κ2) is 18.8. The molecule has 0 saturated carbocycles. The van der Waals surface area contributed by atoms with E-state index in [9.17, 15) is 19.2 Å². The van der Waals surface area contributed by atoms with Crippen LogP contribution in [0.4, 0.5) is 0 Å². The second-order valence-electron chi connectivity index (χ2n) is 6.10.